The Bertz CT molecular complexity index is 264. The summed E-state index contributed by atoms with van der Waals surface area (Å²) < 4.78 is 0. The summed E-state index contributed by atoms with van der Waals surface area (Å²) in [5.74, 6) is -1.40. The lowest BCUT2D eigenvalue weighted by Gasteiger charge is -2.09. The minimum absolute atomic E-state index is 0.0978. The second-order valence-electron chi connectivity index (χ2n) is 3.09. The fourth-order valence-electron chi connectivity index (χ4n) is 1.23. The molecule has 0 aromatic heterocycles. The molecule has 1 rings (SSSR count). The number of nitrogens with one attached hydrogen (secondary N) is 2. The number of carboxylic acid groups (broad SMARTS) is 1. The van der Waals surface area contributed by atoms with Crippen LogP contribution in [0.1, 0.15) is 19.3 Å². The number of hydrogen-bond donors (Lipinski definition) is 3. The number of rotatable bonds is 4. The molecule has 0 spiro atoms. The Morgan fingerprint density at radius 3 is 2.79 bits per heavy atom. The topological polar surface area (TPSA) is 95.5 Å². The maximum absolute atomic E-state index is 11.3. The second kappa shape index (κ2) is 4.59. The number of aliphatic carboxylic acids is 1. The van der Waals surface area contributed by atoms with E-state index in [1.54, 1.807) is 0 Å². The van der Waals surface area contributed by atoms with E-state index in [4.69, 9.17) is 5.11 Å². The standard InChI is InChI=1S/C8H12N2O4/c11-6-2-1-5(10-6)8(14)9-4-3-7(12)13/h5H,1-4H2,(H,9,14)(H,10,11)(H,12,13). The highest BCUT2D eigenvalue weighted by Crippen LogP contribution is 2.05. The maximum atomic E-state index is 11.3. The van der Waals surface area contributed by atoms with Crippen LogP contribution in [0.25, 0.3) is 0 Å². The quantitative estimate of drug-likeness (QED) is 0.534. The van der Waals surface area contributed by atoms with E-state index in [9.17, 15) is 14.4 Å². The van der Waals surface area contributed by atoms with E-state index in [0.29, 0.717) is 12.8 Å². The zero-order valence-corrected chi connectivity index (χ0v) is 7.58. The van der Waals surface area contributed by atoms with Crippen LogP contribution in [0.2, 0.25) is 0 Å². The summed E-state index contributed by atoms with van der Waals surface area (Å²) in [7, 11) is 0. The first-order valence-corrected chi connectivity index (χ1v) is 4.38. The van der Waals surface area contributed by atoms with E-state index in [2.05, 4.69) is 10.6 Å². The van der Waals surface area contributed by atoms with Gasteiger partial charge in [0.15, 0.2) is 0 Å². The Hall–Kier alpha value is -1.59. The SMILES string of the molecule is O=C(O)CCNC(=O)C1CCC(=O)N1. The molecular formula is C8H12N2O4. The summed E-state index contributed by atoms with van der Waals surface area (Å²) in [6, 6.07) is -0.490. The first kappa shape index (κ1) is 10.5. The Morgan fingerprint density at radius 1 is 1.57 bits per heavy atom. The lowest BCUT2D eigenvalue weighted by Crippen LogP contribution is -2.42. The van der Waals surface area contributed by atoms with Crippen LogP contribution in [-0.2, 0) is 14.4 Å². The Morgan fingerprint density at radius 2 is 2.29 bits per heavy atom. The third-order valence-corrected chi connectivity index (χ3v) is 1.95. The van der Waals surface area contributed by atoms with Crippen LogP contribution in [0.4, 0.5) is 0 Å². The lowest BCUT2D eigenvalue weighted by atomic mass is 10.2. The van der Waals surface area contributed by atoms with E-state index < -0.39 is 12.0 Å². The molecular weight excluding hydrogens is 188 g/mol. The largest absolute Gasteiger partial charge is 0.481 e. The molecule has 1 atom stereocenters. The fourth-order valence-corrected chi connectivity index (χ4v) is 1.23. The van der Waals surface area contributed by atoms with Crippen molar-refractivity contribution in [2.75, 3.05) is 6.54 Å². The molecule has 1 heterocycles. The first-order valence-electron chi connectivity index (χ1n) is 4.38. The van der Waals surface area contributed by atoms with E-state index >= 15 is 0 Å². The molecule has 3 N–H and O–H groups in total. The van der Waals surface area contributed by atoms with Gasteiger partial charge in [-0.2, -0.15) is 0 Å². The van der Waals surface area contributed by atoms with Crippen LogP contribution >= 0.6 is 0 Å². The summed E-state index contributed by atoms with van der Waals surface area (Å²) in [6.07, 6.45) is 0.737. The molecule has 0 radical (unpaired) electrons. The van der Waals surface area contributed by atoms with Crippen molar-refractivity contribution in [3.63, 3.8) is 0 Å². The number of carboxylic acids is 1. The van der Waals surface area contributed by atoms with Gasteiger partial charge in [0.2, 0.25) is 11.8 Å². The van der Waals surface area contributed by atoms with Crippen LogP contribution in [0, 0.1) is 0 Å². The van der Waals surface area contributed by atoms with Crippen LogP contribution in [0.5, 0.6) is 0 Å². The Balaban J connectivity index is 2.22. The van der Waals surface area contributed by atoms with Crippen molar-refractivity contribution in [1.82, 2.24) is 10.6 Å². The molecule has 1 aliphatic heterocycles. The molecule has 1 unspecified atom stereocenters. The van der Waals surface area contributed by atoms with Gasteiger partial charge >= 0.3 is 5.97 Å². The zero-order chi connectivity index (χ0) is 10.6. The van der Waals surface area contributed by atoms with Gasteiger partial charge in [-0.3, -0.25) is 14.4 Å². The highest BCUT2D eigenvalue weighted by Gasteiger charge is 2.26. The molecule has 0 aliphatic carbocycles. The van der Waals surface area contributed by atoms with Crippen molar-refractivity contribution in [3.05, 3.63) is 0 Å². The fraction of sp³-hybridized carbons (Fsp3) is 0.625. The third-order valence-electron chi connectivity index (χ3n) is 1.95. The minimum atomic E-state index is -0.958. The summed E-state index contributed by atoms with van der Waals surface area (Å²) in [5, 5.41) is 13.2. The lowest BCUT2D eigenvalue weighted by molar-refractivity contribution is -0.137. The second-order valence-corrected chi connectivity index (χ2v) is 3.09. The Kier molecular flexibility index (Phi) is 3.44. The number of carbonyl (C=O) groups is 3. The highest BCUT2D eigenvalue weighted by molar-refractivity contribution is 5.90. The summed E-state index contributed by atoms with van der Waals surface area (Å²) in [4.78, 5) is 32.1. The van der Waals surface area contributed by atoms with Crippen molar-refractivity contribution in [3.8, 4) is 0 Å². The van der Waals surface area contributed by atoms with Gasteiger partial charge in [0.1, 0.15) is 6.04 Å². The van der Waals surface area contributed by atoms with Gasteiger partial charge in [-0.25, -0.2) is 0 Å². The molecule has 0 bridgehead atoms. The summed E-state index contributed by atoms with van der Waals surface area (Å²) in [6.45, 7) is 0.0978. The first-order chi connectivity index (χ1) is 6.59. The number of hydrogen-bond acceptors (Lipinski definition) is 3. The van der Waals surface area contributed by atoms with Crippen molar-refractivity contribution in [2.24, 2.45) is 0 Å². The summed E-state index contributed by atoms with van der Waals surface area (Å²) in [5.41, 5.74) is 0. The molecule has 1 saturated heterocycles. The van der Waals surface area contributed by atoms with E-state index in [1.807, 2.05) is 0 Å². The van der Waals surface area contributed by atoms with Gasteiger partial charge in [0.05, 0.1) is 6.42 Å². The molecule has 78 valence electrons. The molecule has 0 aromatic carbocycles. The van der Waals surface area contributed by atoms with E-state index in [0.717, 1.165) is 0 Å². The molecule has 6 nitrogen and oxygen atoms in total. The van der Waals surface area contributed by atoms with Crippen LogP contribution in [0.15, 0.2) is 0 Å². The average molecular weight is 200 g/mol. The third kappa shape index (κ3) is 3.04. The van der Waals surface area contributed by atoms with Gasteiger partial charge in [-0.15, -0.1) is 0 Å². The Labute approximate surface area is 80.7 Å². The smallest absolute Gasteiger partial charge is 0.305 e. The van der Waals surface area contributed by atoms with Crippen LogP contribution in [0.3, 0.4) is 0 Å². The van der Waals surface area contributed by atoms with Crippen molar-refractivity contribution >= 4 is 17.8 Å². The van der Waals surface area contributed by atoms with Gasteiger partial charge in [-0.05, 0) is 6.42 Å². The highest BCUT2D eigenvalue weighted by atomic mass is 16.4. The predicted molar refractivity (Wildman–Crippen MR) is 46.4 cm³/mol. The van der Waals surface area contributed by atoms with Gasteiger partial charge < -0.3 is 15.7 Å². The molecule has 1 aliphatic rings. The molecule has 6 heteroatoms. The number of carbonyl (C=O) groups excluding carboxylic acids is 2. The van der Waals surface area contributed by atoms with Gasteiger partial charge in [0.25, 0.3) is 0 Å². The molecule has 0 aromatic rings. The monoisotopic (exact) mass is 200 g/mol. The van der Waals surface area contributed by atoms with E-state index in [1.165, 1.54) is 0 Å². The van der Waals surface area contributed by atoms with Crippen molar-refractivity contribution in [1.29, 1.82) is 0 Å². The molecule has 1 fully saturated rings. The number of amides is 2. The zero-order valence-electron chi connectivity index (χ0n) is 7.58. The normalized spacial score (nSPS) is 20.3. The van der Waals surface area contributed by atoms with Crippen molar-refractivity contribution in [2.45, 2.75) is 25.3 Å². The predicted octanol–water partition coefficient (Wildman–Crippen LogP) is -1.14. The summed E-state index contributed by atoms with van der Waals surface area (Å²) >= 11 is 0. The maximum Gasteiger partial charge on any atom is 0.305 e. The van der Waals surface area contributed by atoms with Gasteiger partial charge in [0, 0.05) is 13.0 Å². The molecule has 14 heavy (non-hydrogen) atoms. The van der Waals surface area contributed by atoms with Gasteiger partial charge in [-0.1, -0.05) is 0 Å². The van der Waals surface area contributed by atoms with Crippen LogP contribution < -0.4 is 10.6 Å². The minimum Gasteiger partial charge on any atom is -0.481 e. The van der Waals surface area contributed by atoms with Crippen molar-refractivity contribution < 1.29 is 19.5 Å². The van der Waals surface area contributed by atoms with Crippen LogP contribution in [-0.4, -0.2) is 35.5 Å². The molecule has 2 amide bonds. The molecule has 0 saturated carbocycles. The average Bonchev–Trinajstić information content (AvgIpc) is 2.51. The van der Waals surface area contributed by atoms with E-state index in [-0.39, 0.29) is 24.8 Å².